The minimum absolute atomic E-state index is 0.0905. The summed E-state index contributed by atoms with van der Waals surface area (Å²) >= 11 is 2.69. The number of aliphatic hydroxyl groups excluding tert-OH is 1. The molecule has 0 aliphatic carbocycles. The second-order valence-electron chi connectivity index (χ2n) is 7.11. The van der Waals surface area contributed by atoms with Gasteiger partial charge in [0, 0.05) is 22.3 Å². The fourth-order valence-corrected chi connectivity index (χ4v) is 6.01. The Kier molecular flexibility index (Phi) is 4.76. The number of hydrogen-bond donors (Lipinski definition) is 1. The van der Waals surface area contributed by atoms with Crippen LogP contribution in [-0.4, -0.2) is 39.0 Å². The van der Waals surface area contributed by atoms with Crippen LogP contribution in [0, 0.1) is 11.8 Å². The number of hydrogen-bond acceptors (Lipinski definition) is 7. The van der Waals surface area contributed by atoms with Crippen molar-refractivity contribution in [2.24, 2.45) is 18.9 Å². The molecular weight excluding hydrogens is 398 g/mol. The summed E-state index contributed by atoms with van der Waals surface area (Å²) in [7, 11) is 1.93. The summed E-state index contributed by atoms with van der Waals surface area (Å²) in [5, 5.41) is 23.6. The Bertz CT molecular complexity index is 1000. The Balaban J connectivity index is 1.64. The molecule has 2 aromatic heterocycles. The molecule has 2 aliphatic rings. The van der Waals surface area contributed by atoms with Gasteiger partial charge >= 0.3 is 0 Å². The van der Waals surface area contributed by atoms with Crippen molar-refractivity contribution >= 4 is 35.0 Å². The molecule has 1 N–H and O–H groups in total. The number of thioether (sulfide) groups is 1. The molecule has 2 aromatic rings. The number of aliphatic carboxylic acids is 1. The van der Waals surface area contributed by atoms with Gasteiger partial charge in [0.2, 0.25) is 5.91 Å². The number of carboxylic acid groups (broad SMARTS) is 1. The molecule has 146 valence electrons. The van der Waals surface area contributed by atoms with Crippen LogP contribution in [0.2, 0.25) is 0 Å². The highest BCUT2D eigenvalue weighted by Crippen LogP contribution is 2.52. The van der Waals surface area contributed by atoms with Gasteiger partial charge in [-0.25, -0.2) is 9.55 Å². The van der Waals surface area contributed by atoms with E-state index in [0.29, 0.717) is 9.24 Å². The molecular formula is C19H19N3O4S2. The van der Waals surface area contributed by atoms with Crippen LogP contribution in [0.5, 0.6) is 0 Å². The van der Waals surface area contributed by atoms with Crippen LogP contribution in [0.25, 0.3) is 11.3 Å². The van der Waals surface area contributed by atoms with E-state index in [-0.39, 0.29) is 23.6 Å². The fraction of sp³-hybridized carbons (Fsp3) is 0.368. The maximum Gasteiger partial charge on any atom is 0.235 e. The van der Waals surface area contributed by atoms with Crippen molar-refractivity contribution in [2.45, 2.75) is 30.3 Å². The van der Waals surface area contributed by atoms with Crippen molar-refractivity contribution in [2.75, 3.05) is 0 Å². The van der Waals surface area contributed by atoms with Gasteiger partial charge in [-0.2, -0.15) is 0 Å². The molecule has 0 radical (unpaired) electrons. The van der Waals surface area contributed by atoms with Gasteiger partial charge < -0.3 is 19.9 Å². The van der Waals surface area contributed by atoms with Crippen LogP contribution in [0.15, 0.2) is 44.8 Å². The predicted molar refractivity (Wildman–Crippen MR) is 102 cm³/mol. The highest BCUT2D eigenvalue weighted by molar-refractivity contribution is 8.04. The zero-order valence-electron chi connectivity index (χ0n) is 15.5. The average Bonchev–Trinajstić information content (AvgIpc) is 3.18. The van der Waals surface area contributed by atoms with Gasteiger partial charge in [-0.3, -0.25) is 4.79 Å². The maximum absolute atomic E-state index is 12.4. The van der Waals surface area contributed by atoms with Gasteiger partial charge in [0.25, 0.3) is 0 Å². The Labute approximate surface area is 170 Å². The van der Waals surface area contributed by atoms with Crippen LogP contribution in [-0.2, 0) is 16.6 Å². The second kappa shape index (κ2) is 6.98. The van der Waals surface area contributed by atoms with Crippen LogP contribution >= 0.6 is 23.1 Å². The highest BCUT2D eigenvalue weighted by Gasteiger charge is 2.58. The van der Waals surface area contributed by atoms with Crippen LogP contribution < -0.4 is 9.67 Å². The number of fused-ring (bicyclic) bond motifs is 1. The third-order valence-electron chi connectivity index (χ3n) is 5.22. The maximum atomic E-state index is 12.4. The largest absolute Gasteiger partial charge is 0.543 e. The molecule has 28 heavy (non-hydrogen) atoms. The summed E-state index contributed by atoms with van der Waals surface area (Å²) in [6, 6.07) is 3.55. The van der Waals surface area contributed by atoms with E-state index in [2.05, 4.69) is 4.98 Å². The molecule has 0 aromatic carbocycles. The number of β-lactam (4-membered cyclic amide) rings is 1. The van der Waals surface area contributed by atoms with Crippen LogP contribution in [0.3, 0.4) is 0 Å². The summed E-state index contributed by atoms with van der Waals surface area (Å²) in [6.07, 6.45) is 3.07. The SMILES string of the molecule is C[C@@H](O)[C@H]1C(=O)N2C(C(=O)[O-])=C(Sc3nc(-c4ccc[n+](C)c4)cs3)[C@H](C)[C@H]12. The number of aliphatic hydroxyl groups is 1. The summed E-state index contributed by atoms with van der Waals surface area (Å²) in [6.45, 7) is 3.44. The first-order valence-corrected chi connectivity index (χ1v) is 10.5. The highest BCUT2D eigenvalue weighted by atomic mass is 32.2. The Morgan fingerprint density at radius 2 is 2.25 bits per heavy atom. The Hall–Kier alpha value is -2.23. The number of nitrogens with zero attached hydrogens (tertiary/aromatic N) is 3. The summed E-state index contributed by atoms with van der Waals surface area (Å²) in [5.74, 6) is -2.53. The average molecular weight is 418 g/mol. The van der Waals surface area contributed by atoms with E-state index in [1.54, 1.807) is 6.92 Å². The molecule has 9 heteroatoms. The molecule has 2 aliphatic heterocycles. The Morgan fingerprint density at radius 3 is 2.89 bits per heavy atom. The van der Waals surface area contributed by atoms with Crippen molar-refractivity contribution in [3.8, 4) is 11.3 Å². The minimum Gasteiger partial charge on any atom is -0.543 e. The molecule has 0 unspecified atom stereocenters. The molecule has 0 bridgehead atoms. The normalized spacial score (nSPS) is 24.9. The quantitative estimate of drug-likeness (QED) is 0.564. The summed E-state index contributed by atoms with van der Waals surface area (Å²) < 4.78 is 2.63. The smallest absolute Gasteiger partial charge is 0.235 e. The number of thiazole rings is 1. The molecule has 4 heterocycles. The number of pyridine rings is 1. The van der Waals surface area contributed by atoms with Gasteiger partial charge in [0.05, 0.1) is 41.0 Å². The number of aromatic nitrogens is 2. The molecule has 4 rings (SSSR count). The molecule has 1 saturated heterocycles. The lowest BCUT2D eigenvalue weighted by Gasteiger charge is -2.47. The number of aryl methyl sites for hydroxylation is 1. The van der Waals surface area contributed by atoms with Crippen molar-refractivity contribution in [3.05, 3.63) is 40.5 Å². The number of amides is 1. The number of rotatable bonds is 5. The minimum atomic E-state index is -1.37. The number of carboxylic acids is 1. The Morgan fingerprint density at radius 1 is 1.50 bits per heavy atom. The molecule has 0 saturated carbocycles. The number of carbonyl (C=O) groups is 2. The van der Waals surface area contributed by atoms with E-state index in [4.69, 9.17) is 0 Å². The molecule has 1 amide bonds. The first-order chi connectivity index (χ1) is 13.3. The van der Waals surface area contributed by atoms with E-state index in [1.807, 2.05) is 48.4 Å². The van der Waals surface area contributed by atoms with Crippen LogP contribution in [0.1, 0.15) is 13.8 Å². The van der Waals surface area contributed by atoms with E-state index in [1.165, 1.54) is 28.0 Å². The lowest BCUT2D eigenvalue weighted by Crippen LogP contribution is -2.64. The van der Waals surface area contributed by atoms with Crippen molar-refractivity contribution in [1.29, 1.82) is 0 Å². The van der Waals surface area contributed by atoms with Gasteiger partial charge in [0.1, 0.15) is 7.05 Å². The predicted octanol–water partition coefficient (Wildman–Crippen LogP) is 0.546. The van der Waals surface area contributed by atoms with E-state index >= 15 is 0 Å². The monoisotopic (exact) mass is 417 g/mol. The second-order valence-corrected chi connectivity index (χ2v) is 9.26. The third kappa shape index (κ3) is 2.94. The van der Waals surface area contributed by atoms with E-state index < -0.39 is 18.0 Å². The van der Waals surface area contributed by atoms with Gasteiger partial charge in [-0.05, 0) is 13.0 Å². The summed E-state index contributed by atoms with van der Waals surface area (Å²) in [4.78, 5) is 30.6. The van der Waals surface area contributed by atoms with Gasteiger partial charge in [-0.15, -0.1) is 11.3 Å². The molecule has 4 atom stereocenters. The lowest BCUT2D eigenvalue weighted by molar-refractivity contribution is -0.671. The van der Waals surface area contributed by atoms with Gasteiger partial charge in [-0.1, -0.05) is 18.7 Å². The third-order valence-corrected chi connectivity index (χ3v) is 7.44. The molecule has 1 fully saturated rings. The summed E-state index contributed by atoms with van der Waals surface area (Å²) in [5.41, 5.74) is 1.69. The molecule has 7 nitrogen and oxygen atoms in total. The zero-order valence-corrected chi connectivity index (χ0v) is 17.2. The molecule has 0 spiro atoms. The zero-order chi connectivity index (χ0) is 20.2. The van der Waals surface area contributed by atoms with Crippen molar-refractivity contribution < 1.29 is 24.4 Å². The van der Waals surface area contributed by atoms with E-state index in [9.17, 15) is 19.8 Å². The fourth-order valence-electron chi connectivity index (χ4n) is 3.92. The van der Waals surface area contributed by atoms with Crippen LogP contribution in [0.4, 0.5) is 0 Å². The first-order valence-electron chi connectivity index (χ1n) is 8.85. The van der Waals surface area contributed by atoms with E-state index in [0.717, 1.165) is 11.3 Å². The van der Waals surface area contributed by atoms with Gasteiger partial charge in [0.15, 0.2) is 16.7 Å². The van der Waals surface area contributed by atoms with Crippen molar-refractivity contribution in [3.63, 3.8) is 0 Å². The number of carbonyl (C=O) groups excluding carboxylic acids is 2. The lowest BCUT2D eigenvalue weighted by atomic mass is 9.79. The van der Waals surface area contributed by atoms with Crippen molar-refractivity contribution in [1.82, 2.24) is 9.88 Å². The first kappa shape index (κ1) is 19.1. The topological polar surface area (TPSA) is 97.4 Å². The standard InChI is InChI=1S/C19H19N3O4S2/c1-9-14-13(10(2)23)17(24)22(14)15(18(25)26)16(9)28-19-20-12(8-27-19)11-5-4-6-21(3)7-11/h4-10,13-14,23H,1-3H3/t9-,10-,13-,14-/m1/s1.